The van der Waals surface area contributed by atoms with Crippen LogP contribution in [0, 0.1) is 6.92 Å². The number of benzene rings is 2. The Balaban J connectivity index is 1.05. The number of halogens is 1. The molecule has 3 fully saturated rings. The summed E-state index contributed by atoms with van der Waals surface area (Å²) in [5.41, 5.74) is 3.78. The van der Waals surface area contributed by atoms with E-state index < -0.39 is 12.0 Å². The lowest BCUT2D eigenvalue weighted by Crippen LogP contribution is -2.58. The third kappa shape index (κ3) is 8.04. The molecule has 0 spiro atoms. The van der Waals surface area contributed by atoms with Crippen LogP contribution in [-0.4, -0.2) is 131 Å². The van der Waals surface area contributed by atoms with Crippen LogP contribution in [0.1, 0.15) is 42.4 Å². The largest absolute Gasteiger partial charge is 0.480 e. The summed E-state index contributed by atoms with van der Waals surface area (Å²) in [4.78, 5) is 61.5. The molecular weight excluding hydrogens is 634 g/mol. The van der Waals surface area contributed by atoms with E-state index in [2.05, 4.69) is 15.5 Å². The Labute approximate surface area is 287 Å². The van der Waals surface area contributed by atoms with Crippen molar-refractivity contribution in [3.05, 3.63) is 64.2 Å². The van der Waals surface area contributed by atoms with E-state index in [9.17, 15) is 19.2 Å². The van der Waals surface area contributed by atoms with Crippen molar-refractivity contribution in [3.63, 3.8) is 0 Å². The quantitative estimate of drug-likeness (QED) is 0.390. The van der Waals surface area contributed by atoms with Gasteiger partial charge in [0, 0.05) is 88.1 Å². The molecule has 4 aliphatic rings. The van der Waals surface area contributed by atoms with Crippen LogP contribution in [0.3, 0.4) is 0 Å². The Morgan fingerprint density at radius 2 is 1.58 bits per heavy atom. The number of nitrogens with one attached hydrogen (secondary N) is 2. The number of aliphatic carboxylic acids is 1. The molecule has 4 aliphatic heterocycles. The fourth-order valence-electron chi connectivity index (χ4n) is 7.56. The van der Waals surface area contributed by atoms with Gasteiger partial charge in [0.1, 0.15) is 6.04 Å². The summed E-state index contributed by atoms with van der Waals surface area (Å²) in [6.07, 6.45) is 3.37. The number of piperazine rings is 1. The van der Waals surface area contributed by atoms with Gasteiger partial charge in [-0.1, -0.05) is 41.9 Å². The molecule has 13 heteroatoms. The second-order valence-corrected chi connectivity index (χ2v) is 13.9. The first-order chi connectivity index (χ1) is 23.1. The van der Waals surface area contributed by atoms with Crippen LogP contribution in [0.2, 0.25) is 5.02 Å². The summed E-state index contributed by atoms with van der Waals surface area (Å²) in [7, 11) is 0. The summed E-state index contributed by atoms with van der Waals surface area (Å²) < 4.78 is 0. The van der Waals surface area contributed by atoms with E-state index in [1.165, 1.54) is 0 Å². The Morgan fingerprint density at radius 3 is 2.27 bits per heavy atom. The van der Waals surface area contributed by atoms with Crippen LogP contribution in [-0.2, 0) is 22.6 Å². The number of likely N-dealkylation sites (tertiary alicyclic amines) is 2. The van der Waals surface area contributed by atoms with Gasteiger partial charge in [0.2, 0.25) is 5.91 Å². The van der Waals surface area contributed by atoms with Crippen molar-refractivity contribution in [1.82, 2.24) is 29.8 Å². The highest BCUT2D eigenvalue weighted by Gasteiger charge is 2.36. The standard InChI is InChI=1S/C35H46ClN7O5/c1-24-20-25(6-7-29(24)36)21-31(33(46)41-12-8-27(9-13-41)40-18-16-39(17-19-40)23-32(44)45)38-34(47)42-14-10-28(11-15-42)43-22-26-4-2-3-5-30(26)37-35(43)48/h2-7,20,27-28,31H,8-19,21-23H2,1H3,(H,37,48)(H,38,47)(H,44,45). The van der Waals surface area contributed by atoms with E-state index >= 15 is 0 Å². The molecule has 12 nitrogen and oxygen atoms in total. The van der Waals surface area contributed by atoms with E-state index in [1.807, 2.05) is 64.1 Å². The van der Waals surface area contributed by atoms with E-state index in [4.69, 9.17) is 16.7 Å². The second kappa shape index (κ2) is 15.1. The van der Waals surface area contributed by atoms with Gasteiger partial charge in [0.25, 0.3) is 0 Å². The summed E-state index contributed by atoms with van der Waals surface area (Å²) in [5.74, 6) is -0.882. The van der Waals surface area contributed by atoms with Crippen molar-refractivity contribution in [2.75, 3.05) is 64.2 Å². The average molecular weight is 680 g/mol. The van der Waals surface area contributed by atoms with E-state index in [-0.39, 0.29) is 30.6 Å². The molecule has 258 valence electrons. The van der Waals surface area contributed by atoms with Crippen LogP contribution in [0.5, 0.6) is 0 Å². The number of para-hydroxylation sites is 1. The number of amides is 5. The van der Waals surface area contributed by atoms with Crippen molar-refractivity contribution in [3.8, 4) is 0 Å². The van der Waals surface area contributed by atoms with Gasteiger partial charge >= 0.3 is 18.0 Å². The summed E-state index contributed by atoms with van der Waals surface area (Å²) in [5, 5.41) is 15.8. The number of fused-ring (bicyclic) bond motifs is 1. The van der Waals surface area contributed by atoms with Gasteiger partial charge < -0.3 is 30.4 Å². The van der Waals surface area contributed by atoms with Gasteiger partial charge in [-0.3, -0.25) is 19.4 Å². The summed E-state index contributed by atoms with van der Waals surface area (Å²) in [6, 6.07) is 12.8. The highest BCUT2D eigenvalue weighted by atomic mass is 35.5. The lowest BCUT2D eigenvalue weighted by atomic mass is 9.99. The van der Waals surface area contributed by atoms with Gasteiger partial charge in [-0.05, 0) is 61.4 Å². The smallest absolute Gasteiger partial charge is 0.322 e. The molecule has 48 heavy (non-hydrogen) atoms. The summed E-state index contributed by atoms with van der Waals surface area (Å²) in [6.45, 7) is 7.87. The zero-order valence-corrected chi connectivity index (χ0v) is 28.3. The van der Waals surface area contributed by atoms with Gasteiger partial charge in [-0.15, -0.1) is 0 Å². The Kier molecular flexibility index (Phi) is 10.7. The van der Waals surface area contributed by atoms with E-state index in [0.717, 1.165) is 61.4 Å². The molecule has 6 rings (SSSR count). The number of hydrogen-bond acceptors (Lipinski definition) is 6. The average Bonchev–Trinajstić information content (AvgIpc) is 3.09. The minimum absolute atomic E-state index is 0.0262. The van der Waals surface area contributed by atoms with E-state index in [1.54, 1.807) is 4.90 Å². The first-order valence-corrected chi connectivity index (χ1v) is 17.5. The lowest BCUT2D eigenvalue weighted by molar-refractivity contribution is -0.138. The predicted octanol–water partition coefficient (Wildman–Crippen LogP) is 3.47. The van der Waals surface area contributed by atoms with Crippen LogP contribution < -0.4 is 10.6 Å². The van der Waals surface area contributed by atoms with Crippen LogP contribution in [0.25, 0.3) is 0 Å². The molecule has 0 aliphatic carbocycles. The zero-order valence-electron chi connectivity index (χ0n) is 27.6. The maximum atomic E-state index is 14.0. The number of anilines is 1. The fourth-order valence-corrected chi connectivity index (χ4v) is 7.68. The fraction of sp³-hybridized carbons (Fsp3) is 0.543. The van der Waals surface area contributed by atoms with Crippen molar-refractivity contribution >= 4 is 41.2 Å². The van der Waals surface area contributed by atoms with Gasteiger partial charge in [-0.25, -0.2) is 9.59 Å². The van der Waals surface area contributed by atoms with Gasteiger partial charge in [0.05, 0.1) is 6.54 Å². The van der Waals surface area contributed by atoms with Crippen molar-refractivity contribution in [2.45, 2.75) is 63.7 Å². The van der Waals surface area contributed by atoms with Crippen LogP contribution in [0.4, 0.5) is 15.3 Å². The molecule has 0 saturated carbocycles. The molecule has 0 bridgehead atoms. The number of urea groups is 2. The predicted molar refractivity (Wildman–Crippen MR) is 183 cm³/mol. The number of piperidine rings is 2. The van der Waals surface area contributed by atoms with Crippen molar-refractivity contribution in [1.29, 1.82) is 0 Å². The lowest BCUT2D eigenvalue weighted by Gasteiger charge is -2.43. The van der Waals surface area contributed by atoms with Crippen molar-refractivity contribution in [2.24, 2.45) is 0 Å². The molecule has 5 amide bonds. The highest BCUT2D eigenvalue weighted by molar-refractivity contribution is 6.31. The minimum Gasteiger partial charge on any atom is -0.480 e. The number of aryl methyl sites for hydroxylation is 1. The Bertz CT molecular complexity index is 1500. The number of carboxylic acids is 1. The molecule has 4 heterocycles. The molecule has 2 aromatic carbocycles. The number of carbonyl (C=O) groups is 4. The topological polar surface area (TPSA) is 129 Å². The molecule has 3 saturated heterocycles. The molecular formula is C35H46ClN7O5. The molecule has 2 aromatic rings. The molecule has 1 atom stereocenters. The summed E-state index contributed by atoms with van der Waals surface area (Å²) >= 11 is 6.28. The van der Waals surface area contributed by atoms with Crippen LogP contribution in [0.15, 0.2) is 42.5 Å². The first-order valence-electron chi connectivity index (χ1n) is 17.1. The number of rotatable bonds is 8. The van der Waals surface area contributed by atoms with Gasteiger partial charge in [0.15, 0.2) is 0 Å². The molecule has 0 radical (unpaired) electrons. The second-order valence-electron chi connectivity index (χ2n) is 13.5. The monoisotopic (exact) mass is 679 g/mol. The molecule has 1 unspecified atom stereocenters. The maximum Gasteiger partial charge on any atom is 0.322 e. The number of hydrogen-bond donors (Lipinski definition) is 3. The number of nitrogens with zero attached hydrogens (tertiary/aromatic N) is 5. The first kappa shape index (κ1) is 34.0. The Hall–Kier alpha value is -3.87. The molecule has 0 aromatic heterocycles. The van der Waals surface area contributed by atoms with Gasteiger partial charge in [-0.2, -0.15) is 0 Å². The van der Waals surface area contributed by atoms with Crippen molar-refractivity contribution < 1.29 is 24.3 Å². The maximum absolute atomic E-state index is 14.0. The zero-order chi connectivity index (χ0) is 33.8. The third-order valence-corrected chi connectivity index (χ3v) is 10.8. The normalized spacial score (nSPS) is 20.6. The minimum atomic E-state index is -0.798. The van der Waals surface area contributed by atoms with Crippen LogP contribution >= 0.6 is 11.6 Å². The Morgan fingerprint density at radius 1 is 0.917 bits per heavy atom. The molecule has 3 N–H and O–H groups in total. The highest BCUT2D eigenvalue weighted by Crippen LogP contribution is 2.28. The number of carboxylic acid groups (broad SMARTS) is 1. The number of carbonyl (C=O) groups excluding carboxylic acids is 3. The third-order valence-electron chi connectivity index (χ3n) is 10.4. The van der Waals surface area contributed by atoms with E-state index in [0.29, 0.717) is 63.1 Å². The SMILES string of the molecule is Cc1cc(CC(NC(=O)N2CCC(N3Cc4ccccc4NC3=O)CC2)C(=O)N2CCC(N3CCN(CC(=O)O)CC3)CC2)ccc1Cl.